The molecule has 1 aromatic heterocycles. The molecule has 0 aliphatic carbocycles. The molecule has 0 aromatic carbocycles. The Morgan fingerprint density at radius 2 is 2.00 bits per heavy atom. The molecule has 118 valence electrons. The van der Waals surface area contributed by atoms with Crippen LogP contribution in [0.5, 0.6) is 0 Å². The van der Waals surface area contributed by atoms with Crippen LogP contribution in [0.4, 0.5) is 0 Å². The highest BCUT2D eigenvalue weighted by Crippen LogP contribution is 2.19. The van der Waals surface area contributed by atoms with Crippen LogP contribution in [-0.4, -0.2) is 33.3 Å². The summed E-state index contributed by atoms with van der Waals surface area (Å²) in [6.45, 7) is 8.63. The van der Waals surface area contributed by atoms with Gasteiger partial charge >= 0.3 is 5.97 Å². The second-order valence-electron chi connectivity index (χ2n) is 6.05. The molecule has 1 amide bonds. The van der Waals surface area contributed by atoms with Crippen molar-refractivity contribution in [2.75, 3.05) is 6.54 Å². The third-order valence-corrected chi connectivity index (χ3v) is 3.19. The van der Waals surface area contributed by atoms with Gasteiger partial charge in [-0.05, 0) is 40.0 Å². The lowest BCUT2D eigenvalue weighted by molar-refractivity contribution is -0.137. The van der Waals surface area contributed by atoms with Crippen molar-refractivity contribution >= 4 is 11.9 Å². The Morgan fingerprint density at radius 1 is 1.33 bits per heavy atom. The van der Waals surface area contributed by atoms with E-state index in [2.05, 4.69) is 10.4 Å². The molecule has 0 saturated heterocycles. The van der Waals surface area contributed by atoms with Gasteiger partial charge in [-0.3, -0.25) is 14.3 Å². The number of aromatic nitrogens is 2. The molecule has 0 radical (unpaired) electrons. The van der Waals surface area contributed by atoms with Crippen LogP contribution in [-0.2, 0) is 16.8 Å². The Labute approximate surface area is 125 Å². The van der Waals surface area contributed by atoms with E-state index in [1.807, 2.05) is 32.4 Å². The number of unbranched alkanes of at least 4 members (excludes halogenated alkanes) is 1. The van der Waals surface area contributed by atoms with Gasteiger partial charge in [0.05, 0.1) is 23.0 Å². The van der Waals surface area contributed by atoms with E-state index in [-0.39, 0.29) is 17.9 Å². The summed E-state index contributed by atoms with van der Waals surface area (Å²) in [5.74, 6) is -0.946. The Bertz CT molecular complexity index is 501. The quantitative estimate of drug-likeness (QED) is 0.755. The van der Waals surface area contributed by atoms with Crippen LogP contribution in [0.15, 0.2) is 6.20 Å². The number of rotatable bonds is 7. The fraction of sp³-hybridized carbons (Fsp3) is 0.667. The number of hydrogen-bond acceptors (Lipinski definition) is 3. The zero-order valence-corrected chi connectivity index (χ0v) is 13.3. The average molecular weight is 295 g/mol. The fourth-order valence-electron chi connectivity index (χ4n) is 2.18. The molecule has 6 nitrogen and oxygen atoms in total. The van der Waals surface area contributed by atoms with E-state index in [9.17, 15) is 9.59 Å². The largest absolute Gasteiger partial charge is 0.481 e. The molecule has 1 aromatic rings. The number of aliphatic carboxylic acids is 1. The van der Waals surface area contributed by atoms with Gasteiger partial charge in [-0.2, -0.15) is 5.10 Å². The van der Waals surface area contributed by atoms with Gasteiger partial charge < -0.3 is 10.4 Å². The first-order valence-corrected chi connectivity index (χ1v) is 7.34. The Hall–Kier alpha value is -1.85. The highest BCUT2D eigenvalue weighted by molar-refractivity contribution is 5.95. The van der Waals surface area contributed by atoms with Crippen molar-refractivity contribution in [1.82, 2.24) is 15.1 Å². The minimum absolute atomic E-state index is 0.137. The van der Waals surface area contributed by atoms with Gasteiger partial charge in [0.15, 0.2) is 0 Å². The molecule has 0 saturated carbocycles. The van der Waals surface area contributed by atoms with E-state index in [4.69, 9.17) is 5.11 Å². The highest BCUT2D eigenvalue weighted by Gasteiger charge is 2.22. The fourth-order valence-corrected chi connectivity index (χ4v) is 2.18. The molecule has 0 aliphatic rings. The van der Waals surface area contributed by atoms with Crippen molar-refractivity contribution in [3.05, 3.63) is 17.5 Å². The predicted octanol–water partition coefficient (Wildman–Crippen LogP) is 2.19. The zero-order valence-electron chi connectivity index (χ0n) is 13.3. The first-order valence-electron chi connectivity index (χ1n) is 7.34. The molecule has 0 atom stereocenters. The van der Waals surface area contributed by atoms with Gasteiger partial charge in [0.1, 0.15) is 0 Å². The maximum Gasteiger partial charge on any atom is 0.303 e. The molecule has 0 unspecified atom stereocenters. The van der Waals surface area contributed by atoms with Crippen molar-refractivity contribution < 1.29 is 14.7 Å². The smallest absolute Gasteiger partial charge is 0.303 e. The highest BCUT2D eigenvalue weighted by atomic mass is 16.4. The van der Waals surface area contributed by atoms with Gasteiger partial charge in [0.25, 0.3) is 5.91 Å². The van der Waals surface area contributed by atoms with Crippen molar-refractivity contribution in [3.8, 4) is 0 Å². The molecule has 0 spiro atoms. The number of amides is 1. The van der Waals surface area contributed by atoms with Crippen molar-refractivity contribution in [2.24, 2.45) is 0 Å². The molecule has 6 heteroatoms. The Morgan fingerprint density at radius 3 is 2.52 bits per heavy atom. The lowest BCUT2D eigenvalue weighted by Crippen LogP contribution is -2.28. The van der Waals surface area contributed by atoms with Gasteiger partial charge in [-0.1, -0.05) is 6.92 Å². The minimum Gasteiger partial charge on any atom is -0.481 e. The Kier molecular flexibility index (Phi) is 5.93. The standard InChI is InChI=1S/C15H25N3O3/c1-5-12-11(10-17-18(12)15(2,3)4)14(21)16-9-7-6-8-13(19)20/h10H,5-9H2,1-4H3,(H,16,21)(H,19,20). The topological polar surface area (TPSA) is 84.2 Å². The number of hydrogen-bond donors (Lipinski definition) is 2. The van der Waals surface area contributed by atoms with Crippen molar-refractivity contribution in [1.29, 1.82) is 0 Å². The summed E-state index contributed by atoms with van der Waals surface area (Å²) in [7, 11) is 0. The molecular weight excluding hydrogens is 270 g/mol. The third kappa shape index (κ3) is 4.88. The number of nitrogens with zero attached hydrogens (tertiary/aromatic N) is 2. The maximum absolute atomic E-state index is 12.2. The van der Waals surface area contributed by atoms with E-state index < -0.39 is 5.97 Å². The van der Waals surface area contributed by atoms with Crippen LogP contribution in [0, 0.1) is 0 Å². The average Bonchev–Trinajstić information content (AvgIpc) is 2.81. The van der Waals surface area contributed by atoms with E-state index >= 15 is 0 Å². The molecule has 0 fully saturated rings. The van der Waals surface area contributed by atoms with E-state index in [1.54, 1.807) is 6.20 Å². The van der Waals surface area contributed by atoms with E-state index in [1.165, 1.54) is 0 Å². The number of carboxylic acids is 1. The summed E-state index contributed by atoms with van der Waals surface area (Å²) in [5, 5.41) is 15.7. The first-order chi connectivity index (χ1) is 9.77. The molecule has 21 heavy (non-hydrogen) atoms. The van der Waals surface area contributed by atoms with E-state index in [0.717, 1.165) is 12.1 Å². The number of carboxylic acid groups (broad SMARTS) is 1. The maximum atomic E-state index is 12.2. The van der Waals surface area contributed by atoms with Gasteiger partial charge in [0, 0.05) is 13.0 Å². The molecule has 1 heterocycles. The normalized spacial score (nSPS) is 11.4. The zero-order chi connectivity index (χ0) is 16.0. The van der Waals surface area contributed by atoms with Gasteiger partial charge in [0.2, 0.25) is 0 Å². The molecule has 2 N–H and O–H groups in total. The van der Waals surface area contributed by atoms with Crippen LogP contribution in [0.25, 0.3) is 0 Å². The van der Waals surface area contributed by atoms with Gasteiger partial charge in [-0.15, -0.1) is 0 Å². The predicted molar refractivity (Wildman–Crippen MR) is 80.4 cm³/mol. The van der Waals surface area contributed by atoms with Crippen LogP contribution in [0.1, 0.15) is 63.0 Å². The summed E-state index contributed by atoms with van der Waals surface area (Å²) in [6, 6.07) is 0. The molecule has 1 rings (SSSR count). The summed E-state index contributed by atoms with van der Waals surface area (Å²) in [4.78, 5) is 22.6. The second-order valence-corrected chi connectivity index (χ2v) is 6.05. The Balaban J connectivity index is 2.63. The molecule has 0 aliphatic heterocycles. The van der Waals surface area contributed by atoms with Crippen molar-refractivity contribution in [3.63, 3.8) is 0 Å². The second kappa shape index (κ2) is 7.24. The van der Waals surface area contributed by atoms with E-state index in [0.29, 0.717) is 24.9 Å². The molecule has 0 bridgehead atoms. The summed E-state index contributed by atoms with van der Waals surface area (Å²) in [5.41, 5.74) is 1.36. The van der Waals surface area contributed by atoms with Crippen LogP contribution in [0.3, 0.4) is 0 Å². The summed E-state index contributed by atoms with van der Waals surface area (Å²) >= 11 is 0. The van der Waals surface area contributed by atoms with Crippen molar-refractivity contribution in [2.45, 2.75) is 58.9 Å². The number of carbonyl (C=O) groups excluding carboxylic acids is 1. The summed E-state index contributed by atoms with van der Waals surface area (Å²) in [6.07, 6.45) is 3.71. The van der Waals surface area contributed by atoms with Crippen LogP contribution in [0.2, 0.25) is 0 Å². The summed E-state index contributed by atoms with van der Waals surface area (Å²) < 4.78 is 1.88. The van der Waals surface area contributed by atoms with Crippen LogP contribution >= 0.6 is 0 Å². The third-order valence-electron chi connectivity index (χ3n) is 3.19. The van der Waals surface area contributed by atoms with Gasteiger partial charge in [-0.25, -0.2) is 0 Å². The van der Waals surface area contributed by atoms with Crippen LogP contribution < -0.4 is 5.32 Å². The molecular formula is C15H25N3O3. The minimum atomic E-state index is -0.805. The SMILES string of the molecule is CCc1c(C(=O)NCCCCC(=O)O)cnn1C(C)(C)C. The number of nitrogens with one attached hydrogen (secondary N) is 1. The number of carbonyl (C=O) groups is 2. The monoisotopic (exact) mass is 295 g/mol. The lowest BCUT2D eigenvalue weighted by Gasteiger charge is -2.22. The lowest BCUT2D eigenvalue weighted by atomic mass is 10.1. The first kappa shape index (κ1) is 17.2.